The third kappa shape index (κ3) is 4.65. The van der Waals surface area contributed by atoms with Crippen molar-refractivity contribution in [1.29, 1.82) is 0 Å². The summed E-state index contributed by atoms with van der Waals surface area (Å²) in [6, 6.07) is 17.4. The number of ether oxygens (including phenoxy) is 1. The maximum Gasteiger partial charge on any atom is 0.234 e. The van der Waals surface area contributed by atoms with Crippen molar-refractivity contribution in [2.45, 2.75) is 19.0 Å². The summed E-state index contributed by atoms with van der Waals surface area (Å²) >= 11 is 1.33. The van der Waals surface area contributed by atoms with E-state index in [1.165, 1.54) is 11.8 Å². The number of nitrogens with zero attached hydrogens (tertiary/aromatic N) is 4. The lowest BCUT2D eigenvalue weighted by Gasteiger charge is -2.14. The summed E-state index contributed by atoms with van der Waals surface area (Å²) in [5, 5.41) is 12.3. The molecule has 7 nitrogen and oxygen atoms in total. The molecular formula is C24H23N5O2S. The predicted octanol–water partition coefficient (Wildman–Crippen LogP) is 4.69. The Hall–Kier alpha value is -3.65. The first-order valence-corrected chi connectivity index (χ1v) is 11.0. The molecule has 0 unspecified atom stereocenters. The molecule has 2 aromatic carbocycles. The molecule has 0 radical (unpaired) electrons. The fraction of sp³-hybridized carbons (Fsp3) is 0.167. The van der Waals surface area contributed by atoms with Crippen LogP contribution in [0.4, 0.5) is 5.69 Å². The van der Waals surface area contributed by atoms with E-state index >= 15 is 0 Å². The number of carbonyl (C=O) groups is 1. The van der Waals surface area contributed by atoms with Crippen molar-refractivity contribution in [3.8, 4) is 22.8 Å². The highest BCUT2D eigenvalue weighted by Gasteiger charge is 2.19. The van der Waals surface area contributed by atoms with Gasteiger partial charge < -0.3 is 10.1 Å². The first-order chi connectivity index (χ1) is 15.6. The van der Waals surface area contributed by atoms with Crippen molar-refractivity contribution in [2.75, 3.05) is 18.2 Å². The van der Waals surface area contributed by atoms with Crippen LogP contribution in [-0.2, 0) is 4.79 Å². The van der Waals surface area contributed by atoms with E-state index in [9.17, 15) is 4.79 Å². The summed E-state index contributed by atoms with van der Waals surface area (Å²) in [5.41, 5.74) is 4.67. The van der Waals surface area contributed by atoms with Crippen LogP contribution in [0.2, 0.25) is 0 Å². The topological polar surface area (TPSA) is 81.9 Å². The minimum atomic E-state index is -0.155. The number of aryl methyl sites for hydroxylation is 2. The number of para-hydroxylation sites is 2. The number of pyridine rings is 1. The number of hydrogen-bond donors (Lipinski definition) is 1. The molecule has 4 aromatic rings. The molecule has 0 saturated carbocycles. The molecule has 0 aliphatic rings. The Morgan fingerprint density at radius 3 is 2.72 bits per heavy atom. The first-order valence-electron chi connectivity index (χ1n) is 10.1. The fourth-order valence-electron chi connectivity index (χ4n) is 3.29. The van der Waals surface area contributed by atoms with Crippen LogP contribution in [0, 0.1) is 13.8 Å². The zero-order valence-corrected chi connectivity index (χ0v) is 18.9. The molecule has 1 N–H and O–H groups in total. The molecule has 2 aromatic heterocycles. The Bertz CT molecular complexity index is 1240. The van der Waals surface area contributed by atoms with Gasteiger partial charge in [0.25, 0.3) is 0 Å². The van der Waals surface area contributed by atoms with Gasteiger partial charge in [-0.3, -0.25) is 14.3 Å². The van der Waals surface area contributed by atoms with Crippen LogP contribution in [0.1, 0.15) is 11.1 Å². The van der Waals surface area contributed by atoms with Gasteiger partial charge in [-0.2, -0.15) is 0 Å². The monoisotopic (exact) mass is 445 g/mol. The van der Waals surface area contributed by atoms with Gasteiger partial charge in [0.05, 0.1) is 24.2 Å². The Morgan fingerprint density at radius 1 is 1.09 bits per heavy atom. The molecule has 162 valence electrons. The lowest BCUT2D eigenvalue weighted by Crippen LogP contribution is -2.15. The largest absolute Gasteiger partial charge is 0.495 e. The Labute approximate surface area is 190 Å². The highest BCUT2D eigenvalue weighted by molar-refractivity contribution is 7.99. The summed E-state index contributed by atoms with van der Waals surface area (Å²) in [5.74, 6) is 1.31. The van der Waals surface area contributed by atoms with E-state index in [-0.39, 0.29) is 11.7 Å². The molecular weight excluding hydrogens is 422 g/mol. The highest BCUT2D eigenvalue weighted by Crippen LogP contribution is 2.30. The SMILES string of the molecule is COc1ccccc1NC(=O)CSc1nnc(-c2cccnc2)n1-c1cc(C)ccc1C. The maximum atomic E-state index is 12.6. The standard InChI is InChI=1S/C24H23N5O2S/c1-16-10-11-17(2)20(13-16)29-23(18-7-6-12-25-14-18)27-28-24(29)32-15-22(30)26-19-8-4-5-9-21(19)31-3/h4-14H,15H2,1-3H3,(H,26,30). The van der Waals surface area contributed by atoms with Gasteiger partial charge in [-0.25, -0.2) is 0 Å². The third-order valence-corrected chi connectivity index (χ3v) is 5.80. The average molecular weight is 446 g/mol. The van der Waals surface area contributed by atoms with Crippen LogP contribution in [-0.4, -0.2) is 38.5 Å². The Balaban J connectivity index is 1.63. The summed E-state index contributed by atoms with van der Waals surface area (Å²) < 4.78 is 7.30. The molecule has 0 atom stereocenters. The second-order valence-corrected chi connectivity index (χ2v) is 8.15. The van der Waals surface area contributed by atoms with E-state index in [0.717, 1.165) is 22.4 Å². The van der Waals surface area contributed by atoms with Crippen LogP contribution in [0.25, 0.3) is 17.1 Å². The Kier molecular flexibility index (Phi) is 6.51. The smallest absolute Gasteiger partial charge is 0.234 e. The number of anilines is 1. The summed E-state index contributed by atoms with van der Waals surface area (Å²) in [6.45, 7) is 4.09. The number of carbonyl (C=O) groups excluding carboxylic acids is 1. The van der Waals surface area contributed by atoms with Crippen LogP contribution >= 0.6 is 11.8 Å². The lowest BCUT2D eigenvalue weighted by molar-refractivity contribution is -0.113. The van der Waals surface area contributed by atoms with E-state index in [2.05, 4.69) is 38.7 Å². The normalized spacial score (nSPS) is 10.7. The molecule has 0 bridgehead atoms. The molecule has 0 aliphatic carbocycles. The molecule has 4 rings (SSSR count). The van der Waals surface area contributed by atoms with E-state index < -0.39 is 0 Å². The Morgan fingerprint density at radius 2 is 1.94 bits per heavy atom. The van der Waals surface area contributed by atoms with E-state index in [4.69, 9.17) is 4.74 Å². The molecule has 0 spiro atoms. The number of rotatable bonds is 7. The van der Waals surface area contributed by atoms with Gasteiger partial charge in [0, 0.05) is 18.0 Å². The number of nitrogens with one attached hydrogen (secondary N) is 1. The van der Waals surface area contributed by atoms with Gasteiger partial charge in [0.2, 0.25) is 5.91 Å². The second kappa shape index (κ2) is 9.65. The van der Waals surface area contributed by atoms with E-state index in [0.29, 0.717) is 22.4 Å². The van der Waals surface area contributed by atoms with Gasteiger partial charge in [0.1, 0.15) is 5.75 Å². The summed E-state index contributed by atoms with van der Waals surface area (Å²) in [6.07, 6.45) is 3.48. The van der Waals surface area contributed by atoms with Crippen LogP contribution in [0.5, 0.6) is 5.75 Å². The van der Waals surface area contributed by atoms with Crippen molar-refractivity contribution < 1.29 is 9.53 Å². The van der Waals surface area contributed by atoms with Crippen molar-refractivity contribution in [1.82, 2.24) is 19.7 Å². The first kappa shape index (κ1) is 21.6. The minimum absolute atomic E-state index is 0.155. The number of thioether (sulfide) groups is 1. The van der Waals surface area contributed by atoms with Gasteiger partial charge in [0.15, 0.2) is 11.0 Å². The maximum absolute atomic E-state index is 12.6. The van der Waals surface area contributed by atoms with Crippen molar-refractivity contribution in [2.24, 2.45) is 0 Å². The quantitative estimate of drug-likeness (QED) is 0.416. The van der Waals surface area contributed by atoms with Gasteiger partial charge in [-0.1, -0.05) is 36.0 Å². The molecule has 1 amide bonds. The van der Waals surface area contributed by atoms with E-state index in [1.54, 1.807) is 31.6 Å². The zero-order valence-electron chi connectivity index (χ0n) is 18.1. The highest BCUT2D eigenvalue weighted by atomic mass is 32.2. The molecule has 32 heavy (non-hydrogen) atoms. The van der Waals surface area contributed by atoms with Crippen LogP contribution < -0.4 is 10.1 Å². The van der Waals surface area contributed by atoms with Crippen molar-refractivity contribution in [3.05, 3.63) is 78.1 Å². The van der Waals surface area contributed by atoms with Crippen molar-refractivity contribution >= 4 is 23.4 Å². The zero-order chi connectivity index (χ0) is 22.5. The average Bonchev–Trinajstić information content (AvgIpc) is 3.24. The number of benzene rings is 2. The van der Waals surface area contributed by atoms with Crippen LogP contribution in [0.15, 0.2) is 72.1 Å². The molecule has 0 aliphatic heterocycles. The second-order valence-electron chi connectivity index (χ2n) is 7.21. The third-order valence-electron chi connectivity index (χ3n) is 4.87. The molecule has 0 fully saturated rings. The minimum Gasteiger partial charge on any atom is -0.495 e. The van der Waals surface area contributed by atoms with Gasteiger partial charge in [-0.05, 0) is 55.3 Å². The van der Waals surface area contributed by atoms with Crippen molar-refractivity contribution in [3.63, 3.8) is 0 Å². The molecule has 0 saturated heterocycles. The number of aromatic nitrogens is 4. The number of methoxy groups -OCH3 is 1. The number of hydrogen-bond acceptors (Lipinski definition) is 6. The van der Waals surface area contributed by atoms with Gasteiger partial charge >= 0.3 is 0 Å². The molecule has 2 heterocycles. The molecule has 8 heteroatoms. The lowest BCUT2D eigenvalue weighted by atomic mass is 10.1. The van der Waals surface area contributed by atoms with Crippen LogP contribution in [0.3, 0.4) is 0 Å². The van der Waals surface area contributed by atoms with E-state index in [1.807, 2.05) is 42.7 Å². The number of amides is 1. The fourth-order valence-corrected chi connectivity index (χ4v) is 4.03. The van der Waals surface area contributed by atoms with Gasteiger partial charge in [-0.15, -0.1) is 10.2 Å². The summed E-state index contributed by atoms with van der Waals surface area (Å²) in [4.78, 5) is 16.9. The summed E-state index contributed by atoms with van der Waals surface area (Å²) in [7, 11) is 1.58. The predicted molar refractivity (Wildman–Crippen MR) is 126 cm³/mol.